The van der Waals surface area contributed by atoms with Crippen LogP contribution in [0.1, 0.15) is 23.2 Å². The molecule has 1 atom stereocenters. The van der Waals surface area contributed by atoms with Crippen LogP contribution in [0.4, 0.5) is 0 Å². The molecule has 1 aromatic carbocycles. The van der Waals surface area contributed by atoms with Crippen LogP contribution in [0.5, 0.6) is 0 Å². The molecule has 0 aromatic heterocycles. The molecule has 2 rings (SSSR count). The first kappa shape index (κ1) is 16.5. The summed E-state index contributed by atoms with van der Waals surface area (Å²) in [4.78, 5) is 12.2. The highest BCUT2D eigenvalue weighted by atomic mass is 35.5. The van der Waals surface area contributed by atoms with E-state index in [-0.39, 0.29) is 23.5 Å². The zero-order valence-corrected chi connectivity index (χ0v) is 13.8. The molecule has 1 aliphatic rings. The Hall–Kier alpha value is -0.820. The van der Waals surface area contributed by atoms with Crippen LogP contribution in [0.25, 0.3) is 0 Å². The molecule has 8 heteroatoms. The van der Waals surface area contributed by atoms with E-state index < -0.39 is 10.0 Å². The second-order valence-corrected chi connectivity index (χ2v) is 7.80. The normalized spacial score (nSPS) is 20.2. The van der Waals surface area contributed by atoms with Gasteiger partial charge in [0.15, 0.2) is 0 Å². The average Bonchev–Trinajstić information content (AvgIpc) is 2.41. The van der Waals surface area contributed by atoms with E-state index in [1.54, 1.807) is 18.2 Å². The lowest BCUT2D eigenvalue weighted by atomic mass is 10.1. The van der Waals surface area contributed by atoms with Gasteiger partial charge in [-0.1, -0.05) is 29.3 Å². The molecule has 1 heterocycles. The highest BCUT2D eigenvalue weighted by molar-refractivity contribution is 7.88. The van der Waals surface area contributed by atoms with Crippen molar-refractivity contribution in [2.24, 2.45) is 0 Å². The number of amides is 1. The highest BCUT2D eigenvalue weighted by Crippen LogP contribution is 2.25. The third-order valence-electron chi connectivity index (χ3n) is 3.38. The Bertz CT molecular complexity index is 649. The first-order chi connectivity index (χ1) is 9.79. The summed E-state index contributed by atoms with van der Waals surface area (Å²) < 4.78 is 24.5. The van der Waals surface area contributed by atoms with Crippen LogP contribution < -0.4 is 5.32 Å². The van der Waals surface area contributed by atoms with Crippen molar-refractivity contribution in [1.29, 1.82) is 0 Å². The number of hydrogen-bond acceptors (Lipinski definition) is 3. The number of carbonyl (C=O) groups is 1. The van der Waals surface area contributed by atoms with Crippen LogP contribution in [0.15, 0.2) is 18.2 Å². The van der Waals surface area contributed by atoms with Crippen LogP contribution in [-0.2, 0) is 10.0 Å². The van der Waals surface area contributed by atoms with E-state index in [9.17, 15) is 13.2 Å². The lowest BCUT2D eigenvalue weighted by molar-refractivity contribution is 0.0921. The fraction of sp³-hybridized carbons (Fsp3) is 0.462. The number of rotatable bonds is 3. The third kappa shape index (κ3) is 4.10. The first-order valence-electron chi connectivity index (χ1n) is 6.49. The van der Waals surface area contributed by atoms with Gasteiger partial charge in [0.05, 0.1) is 21.9 Å². The number of sulfonamides is 1. The molecule has 0 radical (unpaired) electrons. The van der Waals surface area contributed by atoms with Crippen LogP contribution in [0.2, 0.25) is 10.0 Å². The van der Waals surface area contributed by atoms with E-state index in [2.05, 4.69) is 5.32 Å². The van der Waals surface area contributed by atoms with E-state index in [0.29, 0.717) is 23.6 Å². The van der Waals surface area contributed by atoms with Crippen molar-refractivity contribution in [2.75, 3.05) is 19.3 Å². The number of hydrogen-bond donors (Lipinski definition) is 1. The molecule has 0 aliphatic carbocycles. The number of carbonyl (C=O) groups excluding carboxylic acids is 1. The van der Waals surface area contributed by atoms with E-state index in [1.165, 1.54) is 10.6 Å². The fourth-order valence-corrected chi connectivity index (χ4v) is 3.60. The maximum absolute atomic E-state index is 12.2. The fourth-order valence-electron chi connectivity index (χ4n) is 2.30. The number of benzene rings is 1. The number of nitrogens with one attached hydrogen (secondary N) is 1. The van der Waals surface area contributed by atoms with Crippen molar-refractivity contribution in [2.45, 2.75) is 18.9 Å². The minimum Gasteiger partial charge on any atom is -0.348 e. The quantitative estimate of drug-likeness (QED) is 0.907. The minimum atomic E-state index is -3.24. The second-order valence-electron chi connectivity index (χ2n) is 5.03. The van der Waals surface area contributed by atoms with Crippen molar-refractivity contribution in [3.05, 3.63) is 33.8 Å². The van der Waals surface area contributed by atoms with Gasteiger partial charge < -0.3 is 5.32 Å². The maximum Gasteiger partial charge on any atom is 0.253 e. The Balaban J connectivity index is 2.08. The van der Waals surface area contributed by atoms with Crippen LogP contribution in [0.3, 0.4) is 0 Å². The molecular weight excluding hydrogens is 335 g/mol. The molecule has 1 aliphatic heterocycles. The maximum atomic E-state index is 12.2. The Morgan fingerprint density at radius 3 is 2.76 bits per heavy atom. The Kier molecular flexibility index (Phi) is 5.14. The van der Waals surface area contributed by atoms with Crippen LogP contribution in [-0.4, -0.2) is 44.0 Å². The molecule has 1 saturated heterocycles. The van der Waals surface area contributed by atoms with E-state index in [1.807, 2.05) is 0 Å². The van der Waals surface area contributed by atoms with Gasteiger partial charge in [-0.15, -0.1) is 0 Å². The molecule has 1 amide bonds. The van der Waals surface area contributed by atoms with Gasteiger partial charge in [0.25, 0.3) is 5.91 Å². The van der Waals surface area contributed by atoms with Gasteiger partial charge in [-0.05, 0) is 25.0 Å². The van der Waals surface area contributed by atoms with Gasteiger partial charge in [-0.25, -0.2) is 12.7 Å². The Labute approximate surface area is 134 Å². The third-order valence-corrected chi connectivity index (χ3v) is 5.47. The van der Waals surface area contributed by atoms with Crippen molar-refractivity contribution < 1.29 is 13.2 Å². The van der Waals surface area contributed by atoms with Gasteiger partial charge >= 0.3 is 0 Å². The number of piperidine rings is 1. The van der Waals surface area contributed by atoms with Crippen molar-refractivity contribution in [3.8, 4) is 0 Å². The SMILES string of the molecule is CS(=O)(=O)N1CCCC(NC(=O)c2cccc(Cl)c2Cl)C1. The summed E-state index contributed by atoms with van der Waals surface area (Å²) in [7, 11) is -3.24. The second kappa shape index (κ2) is 6.52. The molecule has 1 aromatic rings. The van der Waals surface area contributed by atoms with Gasteiger partial charge in [-0.2, -0.15) is 0 Å². The topological polar surface area (TPSA) is 66.5 Å². The summed E-state index contributed by atoms with van der Waals surface area (Å²) in [5.74, 6) is -0.345. The minimum absolute atomic E-state index is 0.201. The molecule has 0 saturated carbocycles. The lowest BCUT2D eigenvalue weighted by Gasteiger charge is -2.31. The molecule has 5 nitrogen and oxygen atoms in total. The van der Waals surface area contributed by atoms with Crippen molar-refractivity contribution in [3.63, 3.8) is 0 Å². The molecule has 21 heavy (non-hydrogen) atoms. The monoisotopic (exact) mass is 350 g/mol. The van der Waals surface area contributed by atoms with E-state index in [0.717, 1.165) is 6.42 Å². The lowest BCUT2D eigenvalue weighted by Crippen LogP contribution is -2.49. The van der Waals surface area contributed by atoms with Gasteiger partial charge in [0, 0.05) is 19.1 Å². The smallest absolute Gasteiger partial charge is 0.253 e. The Morgan fingerprint density at radius 2 is 2.10 bits per heavy atom. The molecule has 1 fully saturated rings. The van der Waals surface area contributed by atoms with Gasteiger partial charge in [-0.3, -0.25) is 4.79 Å². The highest BCUT2D eigenvalue weighted by Gasteiger charge is 2.27. The van der Waals surface area contributed by atoms with Gasteiger partial charge in [0.2, 0.25) is 10.0 Å². The summed E-state index contributed by atoms with van der Waals surface area (Å²) >= 11 is 11.9. The van der Waals surface area contributed by atoms with E-state index in [4.69, 9.17) is 23.2 Å². The number of halogens is 2. The summed E-state index contributed by atoms with van der Waals surface area (Å²) in [6, 6.07) is 4.61. The summed E-state index contributed by atoms with van der Waals surface area (Å²) in [6.45, 7) is 0.770. The van der Waals surface area contributed by atoms with Crippen molar-refractivity contribution >= 4 is 39.1 Å². The van der Waals surface area contributed by atoms with E-state index >= 15 is 0 Å². The summed E-state index contributed by atoms with van der Waals surface area (Å²) in [6.07, 6.45) is 2.61. The first-order valence-corrected chi connectivity index (χ1v) is 9.09. The standard InChI is InChI=1S/C13H16Cl2N2O3S/c1-21(19,20)17-7-3-4-9(8-17)16-13(18)10-5-2-6-11(14)12(10)15/h2,5-6,9H,3-4,7-8H2,1H3,(H,16,18). The molecule has 1 N–H and O–H groups in total. The number of nitrogens with zero attached hydrogens (tertiary/aromatic N) is 1. The molecule has 0 bridgehead atoms. The van der Waals surface area contributed by atoms with Gasteiger partial charge in [0.1, 0.15) is 0 Å². The predicted molar refractivity (Wildman–Crippen MR) is 83.4 cm³/mol. The average molecular weight is 351 g/mol. The summed E-state index contributed by atoms with van der Waals surface area (Å²) in [5, 5.41) is 3.33. The molecule has 0 spiro atoms. The zero-order valence-electron chi connectivity index (χ0n) is 11.5. The van der Waals surface area contributed by atoms with Crippen LogP contribution >= 0.6 is 23.2 Å². The van der Waals surface area contributed by atoms with Crippen molar-refractivity contribution in [1.82, 2.24) is 9.62 Å². The zero-order chi connectivity index (χ0) is 15.6. The predicted octanol–water partition coefficient (Wildman–Crippen LogP) is 2.15. The molecular formula is C13H16Cl2N2O3S. The van der Waals surface area contributed by atoms with Crippen LogP contribution in [0, 0.1) is 0 Å². The molecule has 1 unspecified atom stereocenters. The largest absolute Gasteiger partial charge is 0.348 e. The summed E-state index contributed by atoms with van der Waals surface area (Å²) in [5.41, 5.74) is 0.292. The Morgan fingerprint density at radius 1 is 1.38 bits per heavy atom. The molecule has 116 valence electrons.